The van der Waals surface area contributed by atoms with Crippen LogP contribution in [-0.2, 0) is 6.42 Å². The second-order valence-corrected chi connectivity index (χ2v) is 4.79. The molecule has 0 saturated heterocycles. The average molecular weight is 268 g/mol. The summed E-state index contributed by atoms with van der Waals surface area (Å²) in [5.74, 6) is 0.791. The van der Waals surface area contributed by atoms with Gasteiger partial charge in [0.05, 0.1) is 12.8 Å². The van der Waals surface area contributed by atoms with Gasteiger partial charge >= 0.3 is 0 Å². The fourth-order valence-corrected chi connectivity index (χ4v) is 2.54. The molecule has 4 heteroatoms. The zero-order valence-electron chi connectivity index (χ0n) is 11.4. The van der Waals surface area contributed by atoms with E-state index < -0.39 is 0 Å². The van der Waals surface area contributed by atoms with Crippen molar-refractivity contribution in [3.63, 3.8) is 0 Å². The molecule has 0 N–H and O–H groups in total. The normalized spacial score (nSPS) is 13.8. The number of nitrogens with zero attached hydrogens (tertiary/aromatic N) is 2. The molecule has 0 unspecified atom stereocenters. The number of pyridine rings is 1. The van der Waals surface area contributed by atoms with Gasteiger partial charge in [0, 0.05) is 30.6 Å². The summed E-state index contributed by atoms with van der Waals surface area (Å²) in [6.45, 7) is 0.737. The van der Waals surface area contributed by atoms with Crippen LogP contribution in [0, 0.1) is 0 Å². The van der Waals surface area contributed by atoms with Crippen LogP contribution in [0.1, 0.15) is 22.3 Å². The van der Waals surface area contributed by atoms with Crippen molar-refractivity contribution in [3.8, 4) is 5.75 Å². The number of rotatable bonds is 2. The van der Waals surface area contributed by atoms with Gasteiger partial charge < -0.3 is 9.64 Å². The van der Waals surface area contributed by atoms with E-state index in [1.807, 2.05) is 23.1 Å². The van der Waals surface area contributed by atoms with Crippen LogP contribution in [0.3, 0.4) is 0 Å². The van der Waals surface area contributed by atoms with Gasteiger partial charge in [-0.3, -0.25) is 9.78 Å². The molecule has 1 aliphatic rings. The Bertz CT molecular complexity index is 626. The Hall–Kier alpha value is -2.36. The summed E-state index contributed by atoms with van der Waals surface area (Å²) in [6, 6.07) is 9.42. The van der Waals surface area contributed by atoms with Crippen molar-refractivity contribution in [2.45, 2.75) is 12.8 Å². The van der Waals surface area contributed by atoms with E-state index in [0.29, 0.717) is 5.56 Å². The predicted octanol–water partition coefficient (Wildman–Crippen LogP) is 2.68. The summed E-state index contributed by atoms with van der Waals surface area (Å²) < 4.78 is 5.27. The number of hydrogen-bond acceptors (Lipinski definition) is 3. The standard InChI is InChI=1S/C16H16N2O2/c1-20-14-5-4-12-3-2-10-18(15(12)11-14)16(19)13-6-8-17-9-7-13/h4-9,11H,2-3,10H2,1H3. The number of carbonyl (C=O) groups is 1. The Labute approximate surface area is 118 Å². The minimum absolute atomic E-state index is 0.0154. The third kappa shape index (κ3) is 2.25. The van der Waals surface area contributed by atoms with Gasteiger partial charge in [0.15, 0.2) is 0 Å². The summed E-state index contributed by atoms with van der Waals surface area (Å²) in [4.78, 5) is 18.4. The van der Waals surface area contributed by atoms with Gasteiger partial charge in [-0.15, -0.1) is 0 Å². The molecular formula is C16H16N2O2. The maximum Gasteiger partial charge on any atom is 0.258 e. The van der Waals surface area contributed by atoms with E-state index >= 15 is 0 Å². The molecule has 1 amide bonds. The van der Waals surface area contributed by atoms with Crippen molar-refractivity contribution in [3.05, 3.63) is 53.9 Å². The van der Waals surface area contributed by atoms with Gasteiger partial charge in [-0.1, -0.05) is 6.07 Å². The lowest BCUT2D eigenvalue weighted by Gasteiger charge is -2.29. The van der Waals surface area contributed by atoms with Crippen LogP contribution in [0.25, 0.3) is 0 Å². The molecule has 0 atom stereocenters. The highest BCUT2D eigenvalue weighted by Crippen LogP contribution is 2.31. The van der Waals surface area contributed by atoms with Crippen LogP contribution in [-0.4, -0.2) is 24.5 Å². The smallest absolute Gasteiger partial charge is 0.258 e. The van der Waals surface area contributed by atoms with E-state index in [4.69, 9.17) is 4.74 Å². The third-order valence-electron chi connectivity index (χ3n) is 3.58. The Kier molecular flexibility index (Phi) is 3.37. The van der Waals surface area contributed by atoms with Crippen molar-refractivity contribution < 1.29 is 9.53 Å². The Morgan fingerprint density at radius 2 is 2.05 bits per heavy atom. The highest BCUT2D eigenvalue weighted by atomic mass is 16.5. The van der Waals surface area contributed by atoms with E-state index in [-0.39, 0.29) is 5.91 Å². The summed E-state index contributed by atoms with van der Waals surface area (Å²) >= 11 is 0. The molecule has 3 rings (SSSR count). The number of amides is 1. The number of aryl methyl sites for hydroxylation is 1. The Morgan fingerprint density at radius 3 is 2.80 bits per heavy atom. The van der Waals surface area contributed by atoms with Crippen LogP contribution in [0.5, 0.6) is 5.75 Å². The zero-order chi connectivity index (χ0) is 13.9. The quantitative estimate of drug-likeness (QED) is 0.841. The molecule has 1 aromatic carbocycles. The Balaban J connectivity index is 1.99. The van der Waals surface area contributed by atoms with E-state index in [0.717, 1.165) is 30.8 Å². The first-order chi connectivity index (χ1) is 9.79. The molecule has 0 aliphatic carbocycles. The molecule has 0 radical (unpaired) electrons. The molecule has 20 heavy (non-hydrogen) atoms. The SMILES string of the molecule is COc1ccc2c(c1)N(C(=O)c1ccncc1)CCC2. The first-order valence-electron chi connectivity index (χ1n) is 6.68. The molecule has 0 spiro atoms. The number of ether oxygens (including phenoxy) is 1. The van der Waals surface area contributed by atoms with Crippen molar-refractivity contribution >= 4 is 11.6 Å². The molecule has 0 saturated carbocycles. The maximum atomic E-state index is 12.6. The van der Waals surface area contributed by atoms with Crippen LogP contribution in [0.15, 0.2) is 42.7 Å². The first-order valence-corrected chi connectivity index (χ1v) is 6.68. The van der Waals surface area contributed by atoms with Crippen LogP contribution in [0.2, 0.25) is 0 Å². The minimum atomic E-state index is 0.0154. The number of anilines is 1. The largest absolute Gasteiger partial charge is 0.497 e. The average Bonchev–Trinajstić information content (AvgIpc) is 2.54. The van der Waals surface area contributed by atoms with E-state index in [2.05, 4.69) is 4.98 Å². The minimum Gasteiger partial charge on any atom is -0.497 e. The molecule has 0 fully saturated rings. The summed E-state index contributed by atoms with van der Waals surface area (Å²) in [7, 11) is 1.64. The Morgan fingerprint density at radius 1 is 1.25 bits per heavy atom. The van der Waals surface area contributed by atoms with Gasteiger partial charge in [-0.25, -0.2) is 0 Å². The number of methoxy groups -OCH3 is 1. The molecule has 2 aromatic rings. The van der Waals surface area contributed by atoms with Crippen molar-refractivity contribution in [1.82, 2.24) is 4.98 Å². The van der Waals surface area contributed by atoms with Crippen LogP contribution < -0.4 is 9.64 Å². The highest BCUT2D eigenvalue weighted by Gasteiger charge is 2.23. The second kappa shape index (κ2) is 5.33. The topological polar surface area (TPSA) is 42.4 Å². The lowest BCUT2D eigenvalue weighted by molar-refractivity contribution is 0.0985. The monoisotopic (exact) mass is 268 g/mol. The van der Waals surface area contributed by atoms with Crippen LogP contribution >= 0.6 is 0 Å². The summed E-state index contributed by atoms with van der Waals surface area (Å²) in [6.07, 6.45) is 5.27. The molecular weight excluding hydrogens is 252 g/mol. The fourth-order valence-electron chi connectivity index (χ4n) is 2.54. The molecule has 102 valence electrons. The van der Waals surface area contributed by atoms with E-state index in [1.54, 1.807) is 31.6 Å². The third-order valence-corrected chi connectivity index (χ3v) is 3.58. The number of benzene rings is 1. The first kappa shape index (κ1) is 12.7. The van der Waals surface area contributed by atoms with Gasteiger partial charge in [0.25, 0.3) is 5.91 Å². The summed E-state index contributed by atoms with van der Waals surface area (Å²) in [5.41, 5.74) is 2.81. The molecule has 2 heterocycles. The van der Waals surface area contributed by atoms with E-state index in [9.17, 15) is 4.79 Å². The number of aromatic nitrogens is 1. The van der Waals surface area contributed by atoms with Gasteiger partial charge in [0.1, 0.15) is 5.75 Å². The van der Waals surface area contributed by atoms with Gasteiger partial charge in [-0.2, -0.15) is 0 Å². The van der Waals surface area contributed by atoms with Crippen molar-refractivity contribution in [2.75, 3.05) is 18.6 Å². The lowest BCUT2D eigenvalue weighted by Crippen LogP contribution is -2.35. The molecule has 0 bridgehead atoms. The van der Waals surface area contributed by atoms with Crippen molar-refractivity contribution in [1.29, 1.82) is 0 Å². The second-order valence-electron chi connectivity index (χ2n) is 4.79. The lowest BCUT2D eigenvalue weighted by atomic mass is 10.0. The predicted molar refractivity (Wildman–Crippen MR) is 77.2 cm³/mol. The number of fused-ring (bicyclic) bond motifs is 1. The zero-order valence-corrected chi connectivity index (χ0v) is 11.4. The van der Waals surface area contributed by atoms with E-state index in [1.165, 1.54) is 5.56 Å². The molecule has 1 aromatic heterocycles. The number of carbonyl (C=O) groups excluding carboxylic acids is 1. The maximum absolute atomic E-state index is 12.6. The summed E-state index contributed by atoms with van der Waals surface area (Å²) in [5, 5.41) is 0. The highest BCUT2D eigenvalue weighted by molar-refractivity contribution is 6.06. The van der Waals surface area contributed by atoms with Crippen molar-refractivity contribution in [2.24, 2.45) is 0 Å². The molecule has 1 aliphatic heterocycles. The fraction of sp³-hybridized carbons (Fsp3) is 0.250. The molecule has 4 nitrogen and oxygen atoms in total. The van der Waals surface area contributed by atoms with Crippen LogP contribution in [0.4, 0.5) is 5.69 Å². The van der Waals surface area contributed by atoms with Gasteiger partial charge in [0.2, 0.25) is 0 Å². The number of hydrogen-bond donors (Lipinski definition) is 0. The van der Waals surface area contributed by atoms with Gasteiger partial charge in [-0.05, 0) is 36.6 Å².